The van der Waals surface area contributed by atoms with Crippen LogP contribution in [0.4, 0.5) is 0 Å². The zero-order valence-corrected chi connectivity index (χ0v) is 17.0. The average molecular weight is 411 g/mol. The third-order valence-electron chi connectivity index (χ3n) is 4.10. The molecule has 0 aromatic rings. The Labute approximate surface area is 162 Å². The quantitative estimate of drug-likeness (QED) is 0.198. The average Bonchev–Trinajstić information content (AvgIpc) is 2.56. The van der Waals surface area contributed by atoms with Crippen molar-refractivity contribution < 1.29 is 36.6 Å². The molecule has 1 unspecified atom stereocenters. The lowest BCUT2D eigenvalue weighted by atomic mass is 10.1. The molecule has 0 fully saturated rings. The van der Waals surface area contributed by atoms with Crippen molar-refractivity contribution in [2.45, 2.75) is 96.5 Å². The second-order valence-electron chi connectivity index (χ2n) is 6.67. The first-order valence-electron chi connectivity index (χ1n) is 9.80. The summed E-state index contributed by atoms with van der Waals surface area (Å²) in [5, 5.41) is 8.65. The minimum Gasteiger partial charge on any atom is -0.481 e. The molecule has 0 rings (SSSR count). The van der Waals surface area contributed by atoms with Crippen molar-refractivity contribution in [3.63, 3.8) is 0 Å². The summed E-state index contributed by atoms with van der Waals surface area (Å²) >= 11 is 0. The molecule has 0 aliphatic rings. The second-order valence-corrected chi connectivity index (χ2v) is 7.71. The molecule has 2 N–H and O–H groups in total. The van der Waals surface area contributed by atoms with Gasteiger partial charge in [-0.25, -0.2) is 8.98 Å². The molecule has 0 saturated carbocycles. The molecule has 1 atom stereocenters. The number of hydrogen-bond acceptors (Lipinski definition) is 6. The molecule has 0 aliphatic carbocycles. The van der Waals surface area contributed by atoms with E-state index in [1.165, 1.54) is 51.4 Å². The predicted molar refractivity (Wildman–Crippen MR) is 101 cm³/mol. The Hall–Kier alpha value is -1.19. The van der Waals surface area contributed by atoms with Gasteiger partial charge in [-0.05, 0) is 6.42 Å². The number of carboxylic acid groups (broad SMARTS) is 1. The highest BCUT2D eigenvalue weighted by atomic mass is 32.3. The lowest BCUT2D eigenvalue weighted by Crippen LogP contribution is -2.31. The van der Waals surface area contributed by atoms with Gasteiger partial charge in [-0.2, -0.15) is 8.42 Å². The van der Waals surface area contributed by atoms with Crippen molar-refractivity contribution in [2.24, 2.45) is 0 Å². The number of hydrogen-bond donors (Lipinski definition) is 2. The molecule has 0 bridgehead atoms. The van der Waals surface area contributed by atoms with Crippen LogP contribution in [0.2, 0.25) is 0 Å². The number of unbranched alkanes of at least 4 members (excludes halogenated alkanes) is 11. The van der Waals surface area contributed by atoms with Crippen LogP contribution >= 0.6 is 0 Å². The van der Waals surface area contributed by atoms with Gasteiger partial charge in [-0.15, -0.1) is 0 Å². The van der Waals surface area contributed by atoms with Gasteiger partial charge in [-0.1, -0.05) is 77.6 Å². The summed E-state index contributed by atoms with van der Waals surface area (Å²) in [7, 11) is -4.94. The van der Waals surface area contributed by atoms with Gasteiger partial charge < -0.3 is 9.84 Å². The highest BCUT2D eigenvalue weighted by Gasteiger charge is 2.29. The molecule has 0 amide bonds. The Morgan fingerprint density at radius 2 is 1.30 bits per heavy atom. The number of rotatable bonds is 18. The van der Waals surface area contributed by atoms with Crippen LogP contribution in [0.1, 0.15) is 90.4 Å². The number of carboxylic acids is 1. The van der Waals surface area contributed by atoms with E-state index in [4.69, 9.17) is 14.4 Å². The van der Waals surface area contributed by atoms with Crippen molar-refractivity contribution in [3.8, 4) is 0 Å². The molecule has 160 valence electrons. The third-order valence-corrected chi connectivity index (χ3v) is 4.58. The van der Waals surface area contributed by atoms with Crippen molar-refractivity contribution in [1.29, 1.82) is 0 Å². The number of carbonyl (C=O) groups excluding carboxylic acids is 1. The van der Waals surface area contributed by atoms with E-state index < -0.39 is 34.9 Å². The largest absolute Gasteiger partial charge is 0.481 e. The molecule has 0 spiro atoms. The highest BCUT2D eigenvalue weighted by molar-refractivity contribution is 7.80. The second kappa shape index (κ2) is 15.8. The van der Waals surface area contributed by atoms with Crippen LogP contribution in [-0.2, 0) is 28.9 Å². The predicted octanol–water partition coefficient (Wildman–Crippen LogP) is 3.89. The molecule has 0 radical (unpaired) electrons. The van der Waals surface area contributed by atoms with Crippen LogP contribution in [0.15, 0.2) is 0 Å². The van der Waals surface area contributed by atoms with Crippen LogP contribution in [0, 0.1) is 0 Å². The first-order valence-corrected chi connectivity index (χ1v) is 11.2. The summed E-state index contributed by atoms with van der Waals surface area (Å²) in [5.41, 5.74) is 0. The Kier molecular flexibility index (Phi) is 15.1. The normalized spacial score (nSPS) is 12.7. The summed E-state index contributed by atoms with van der Waals surface area (Å²) in [5.74, 6) is -2.55. The SMILES string of the molecule is CCCCCCCCCCCCCCOC(=O)C(CC(=O)O)OS(=O)(=O)O. The van der Waals surface area contributed by atoms with E-state index in [2.05, 4.69) is 11.1 Å². The first-order chi connectivity index (χ1) is 12.8. The number of ether oxygens (including phenoxy) is 1. The topological polar surface area (TPSA) is 127 Å². The summed E-state index contributed by atoms with van der Waals surface area (Å²) in [4.78, 5) is 22.3. The van der Waals surface area contributed by atoms with E-state index in [0.717, 1.165) is 19.3 Å². The minimum absolute atomic E-state index is 0.0568. The van der Waals surface area contributed by atoms with Crippen molar-refractivity contribution in [3.05, 3.63) is 0 Å². The summed E-state index contributed by atoms with van der Waals surface area (Å²) in [6.07, 6.45) is 11.1. The van der Waals surface area contributed by atoms with Crippen molar-refractivity contribution >= 4 is 22.3 Å². The van der Waals surface area contributed by atoms with Gasteiger partial charge in [0.2, 0.25) is 0 Å². The zero-order valence-electron chi connectivity index (χ0n) is 16.2. The lowest BCUT2D eigenvalue weighted by molar-refractivity contribution is -0.156. The molecule has 0 aromatic carbocycles. The molecule has 9 heteroatoms. The highest BCUT2D eigenvalue weighted by Crippen LogP contribution is 2.12. The molecule has 0 heterocycles. The molecule has 0 saturated heterocycles. The van der Waals surface area contributed by atoms with Crippen molar-refractivity contribution in [1.82, 2.24) is 0 Å². The van der Waals surface area contributed by atoms with E-state index in [9.17, 15) is 18.0 Å². The van der Waals surface area contributed by atoms with Gasteiger partial charge in [0, 0.05) is 0 Å². The number of aliphatic carboxylic acids is 1. The maximum Gasteiger partial charge on any atom is 0.398 e. The zero-order chi connectivity index (χ0) is 20.5. The first kappa shape index (κ1) is 25.8. The monoisotopic (exact) mass is 410 g/mol. The Morgan fingerprint density at radius 3 is 1.70 bits per heavy atom. The maximum atomic E-state index is 11.7. The van der Waals surface area contributed by atoms with Gasteiger partial charge in [0.25, 0.3) is 0 Å². The van der Waals surface area contributed by atoms with E-state index in [-0.39, 0.29) is 6.61 Å². The fourth-order valence-electron chi connectivity index (χ4n) is 2.67. The van der Waals surface area contributed by atoms with Crippen LogP contribution in [0.3, 0.4) is 0 Å². The molecular weight excluding hydrogens is 376 g/mol. The smallest absolute Gasteiger partial charge is 0.398 e. The lowest BCUT2D eigenvalue weighted by Gasteiger charge is -2.12. The minimum atomic E-state index is -4.94. The Morgan fingerprint density at radius 1 is 0.852 bits per heavy atom. The molecule has 0 aromatic heterocycles. The van der Waals surface area contributed by atoms with E-state index in [1.807, 2.05) is 0 Å². The number of esters is 1. The van der Waals surface area contributed by atoms with E-state index >= 15 is 0 Å². The molecule has 27 heavy (non-hydrogen) atoms. The van der Waals surface area contributed by atoms with E-state index in [1.54, 1.807) is 0 Å². The fraction of sp³-hybridized carbons (Fsp3) is 0.889. The van der Waals surface area contributed by atoms with Crippen LogP contribution < -0.4 is 0 Å². The standard InChI is InChI=1S/C18H34O8S/c1-2-3-4-5-6-7-8-9-10-11-12-13-14-25-18(21)16(15-17(19)20)26-27(22,23)24/h16H,2-15H2,1H3,(H,19,20)(H,22,23,24). The van der Waals surface area contributed by atoms with Gasteiger partial charge in [0.1, 0.15) is 0 Å². The fourth-order valence-corrected chi connectivity index (χ4v) is 3.11. The van der Waals surface area contributed by atoms with Gasteiger partial charge in [0.15, 0.2) is 6.10 Å². The maximum absolute atomic E-state index is 11.7. The number of carbonyl (C=O) groups is 2. The summed E-state index contributed by atoms with van der Waals surface area (Å²) < 4.78 is 38.8. The summed E-state index contributed by atoms with van der Waals surface area (Å²) in [6.45, 7) is 2.27. The molecule has 8 nitrogen and oxygen atoms in total. The van der Waals surface area contributed by atoms with E-state index in [0.29, 0.717) is 6.42 Å². The Bertz CT molecular complexity index is 503. The van der Waals surface area contributed by atoms with Gasteiger partial charge >= 0.3 is 22.3 Å². The van der Waals surface area contributed by atoms with Crippen LogP contribution in [-0.4, -0.2) is 42.7 Å². The Balaban J connectivity index is 3.69. The van der Waals surface area contributed by atoms with Crippen LogP contribution in [0.5, 0.6) is 0 Å². The van der Waals surface area contributed by atoms with Crippen molar-refractivity contribution in [2.75, 3.05) is 6.61 Å². The van der Waals surface area contributed by atoms with Gasteiger partial charge in [-0.3, -0.25) is 9.35 Å². The third kappa shape index (κ3) is 18.0. The summed E-state index contributed by atoms with van der Waals surface area (Å²) in [6, 6.07) is 0. The molecular formula is C18H34O8S. The van der Waals surface area contributed by atoms with Gasteiger partial charge in [0.05, 0.1) is 13.0 Å². The molecule has 0 aliphatic heterocycles. The van der Waals surface area contributed by atoms with Crippen LogP contribution in [0.25, 0.3) is 0 Å².